The van der Waals surface area contributed by atoms with Gasteiger partial charge in [-0.2, -0.15) is 0 Å². The fraction of sp³-hybridized carbons (Fsp3) is 0. The zero-order valence-electron chi connectivity index (χ0n) is 8.83. The Hall–Kier alpha value is -0.950. The third-order valence-corrected chi connectivity index (χ3v) is 4.07. The molecule has 0 fully saturated rings. The molecule has 0 spiro atoms. The van der Waals surface area contributed by atoms with E-state index in [0.717, 1.165) is 0 Å². The van der Waals surface area contributed by atoms with E-state index in [1.807, 2.05) is 60.7 Å². The number of para-hydroxylation sites is 2. The Balaban J connectivity index is 2.52. The van der Waals surface area contributed by atoms with Gasteiger partial charge in [0.1, 0.15) is 0 Å². The summed E-state index contributed by atoms with van der Waals surface area (Å²) in [6.45, 7) is 0. The number of hydrogen-bond acceptors (Lipinski definition) is 1. The molecule has 0 aromatic heterocycles. The van der Waals surface area contributed by atoms with Crippen LogP contribution in [0.3, 0.4) is 0 Å². The Bertz CT molecular complexity index is 487. The summed E-state index contributed by atoms with van der Waals surface area (Å²) >= 11 is 11.6. The van der Waals surface area contributed by atoms with Crippen LogP contribution in [-0.2, 0) is 4.57 Å². The van der Waals surface area contributed by atoms with Gasteiger partial charge in [0, 0.05) is 11.4 Å². The van der Waals surface area contributed by atoms with E-state index >= 15 is 0 Å². The molecule has 2 nitrogen and oxygen atoms in total. The highest BCUT2D eigenvalue weighted by Crippen LogP contribution is 2.64. The summed E-state index contributed by atoms with van der Waals surface area (Å²) in [5, 5.41) is 0. The number of anilines is 2. The number of halogens is 2. The minimum atomic E-state index is -3.44. The van der Waals surface area contributed by atoms with Crippen molar-refractivity contribution in [2.45, 2.75) is 0 Å². The van der Waals surface area contributed by atoms with Crippen molar-refractivity contribution in [3.63, 3.8) is 0 Å². The second-order valence-electron chi connectivity index (χ2n) is 3.42. The molecule has 0 heterocycles. The molecule has 88 valence electrons. The van der Waals surface area contributed by atoms with Gasteiger partial charge in [-0.05, 0) is 46.7 Å². The van der Waals surface area contributed by atoms with E-state index in [4.69, 9.17) is 22.5 Å². The molecule has 0 aliphatic carbocycles. The van der Waals surface area contributed by atoms with Crippen LogP contribution in [0.1, 0.15) is 0 Å². The quantitative estimate of drug-likeness (QED) is 0.703. The second kappa shape index (κ2) is 5.14. The highest BCUT2D eigenvalue weighted by molar-refractivity contribution is 8.09. The van der Waals surface area contributed by atoms with Crippen LogP contribution >= 0.6 is 28.5 Å². The first-order valence-corrected chi connectivity index (χ1v) is 8.46. The first kappa shape index (κ1) is 12.5. The zero-order chi connectivity index (χ0) is 12.3. The molecule has 2 aromatic carbocycles. The molecule has 0 saturated heterocycles. The van der Waals surface area contributed by atoms with Crippen LogP contribution in [0.25, 0.3) is 0 Å². The summed E-state index contributed by atoms with van der Waals surface area (Å²) in [6, 6.07) is 18.4. The lowest BCUT2D eigenvalue weighted by Gasteiger charge is -2.25. The Labute approximate surface area is 110 Å². The summed E-state index contributed by atoms with van der Waals surface area (Å²) in [6.07, 6.45) is 0. The van der Waals surface area contributed by atoms with Gasteiger partial charge in [-0.1, -0.05) is 36.4 Å². The number of nitrogens with zero attached hydrogens (tertiary/aromatic N) is 1. The maximum absolute atomic E-state index is 12.0. The Morgan fingerprint density at radius 1 is 0.765 bits per heavy atom. The minimum absolute atomic E-state index is 0.701. The van der Waals surface area contributed by atoms with Crippen LogP contribution in [0, 0.1) is 0 Å². The van der Waals surface area contributed by atoms with Crippen molar-refractivity contribution in [3.05, 3.63) is 60.7 Å². The molecule has 0 radical (unpaired) electrons. The van der Waals surface area contributed by atoms with Gasteiger partial charge in [-0.3, -0.25) is 9.24 Å². The topological polar surface area (TPSA) is 20.3 Å². The van der Waals surface area contributed by atoms with E-state index < -0.39 is 6.00 Å². The summed E-state index contributed by atoms with van der Waals surface area (Å²) in [4.78, 5) is 0. The van der Waals surface area contributed by atoms with E-state index in [9.17, 15) is 4.57 Å². The average Bonchev–Trinajstić information content (AvgIpc) is 2.30. The van der Waals surface area contributed by atoms with Gasteiger partial charge in [-0.25, -0.2) is 0 Å². The molecule has 2 rings (SSSR count). The third-order valence-electron chi connectivity index (χ3n) is 2.23. The maximum Gasteiger partial charge on any atom is 0.350 e. The van der Waals surface area contributed by atoms with Crippen molar-refractivity contribution in [2.75, 3.05) is 4.67 Å². The van der Waals surface area contributed by atoms with Crippen LogP contribution in [0.15, 0.2) is 60.7 Å². The fourth-order valence-corrected chi connectivity index (χ4v) is 3.41. The molecule has 0 aliphatic rings. The molecular formula is C12H10Cl2NOP. The predicted octanol–water partition coefficient (Wildman–Crippen LogP) is 5.41. The van der Waals surface area contributed by atoms with Crippen LogP contribution in [-0.4, -0.2) is 0 Å². The molecule has 0 saturated carbocycles. The largest absolute Gasteiger partial charge is 0.350 e. The van der Waals surface area contributed by atoms with Crippen LogP contribution < -0.4 is 4.67 Å². The van der Waals surface area contributed by atoms with E-state index in [2.05, 4.69) is 0 Å². The smallest absolute Gasteiger partial charge is 0.268 e. The normalized spacial score (nSPS) is 11.2. The first-order chi connectivity index (χ1) is 8.09. The third kappa shape index (κ3) is 3.04. The van der Waals surface area contributed by atoms with Crippen molar-refractivity contribution >= 4 is 39.9 Å². The van der Waals surface area contributed by atoms with Crippen LogP contribution in [0.4, 0.5) is 11.4 Å². The lowest BCUT2D eigenvalue weighted by Crippen LogP contribution is -2.07. The van der Waals surface area contributed by atoms with Crippen molar-refractivity contribution in [1.82, 2.24) is 0 Å². The Morgan fingerprint density at radius 2 is 1.12 bits per heavy atom. The monoisotopic (exact) mass is 285 g/mol. The van der Waals surface area contributed by atoms with Gasteiger partial charge < -0.3 is 0 Å². The van der Waals surface area contributed by atoms with Gasteiger partial charge in [0.15, 0.2) is 0 Å². The highest BCUT2D eigenvalue weighted by Gasteiger charge is 2.27. The number of hydrogen-bond donors (Lipinski definition) is 0. The van der Waals surface area contributed by atoms with E-state index in [1.54, 1.807) is 0 Å². The molecule has 0 atom stereocenters. The average molecular weight is 286 g/mol. The van der Waals surface area contributed by atoms with Gasteiger partial charge >= 0.3 is 6.00 Å². The molecule has 0 amide bonds. The Kier molecular flexibility index (Phi) is 3.78. The van der Waals surface area contributed by atoms with E-state index in [0.29, 0.717) is 11.4 Å². The summed E-state index contributed by atoms with van der Waals surface area (Å²) in [5.41, 5.74) is 1.40. The lowest BCUT2D eigenvalue weighted by molar-refractivity contribution is 0.592. The number of benzene rings is 2. The summed E-state index contributed by atoms with van der Waals surface area (Å²) in [7, 11) is 0. The lowest BCUT2D eigenvalue weighted by atomic mass is 10.3. The van der Waals surface area contributed by atoms with Gasteiger partial charge in [-0.15, -0.1) is 0 Å². The van der Waals surface area contributed by atoms with Crippen molar-refractivity contribution in [1.29, 1.82) is 0 Å². The SMILES string of the molecule is O=P(Cl)(Cl)N(c1ccccc1)c1ccccc1. The van der Waals surface area contributed by atoms with Gasteiger partial charge in [0.25, 0.3) is 0 Å². The molecule has 5 heteroatoms. The van der Waals surface area contributed by atoms with Crippen LogP contribution in [0.2, 0.25) is 0 Å². The molecule has 0 aliphatic heterocycles. The maximum atomic E-state index is 12.0. The molecular weight excluding hydrogens is 276 g/mol. The predicted molar refractivity (Wildman–Crippen MR) is 74.3 cm³/mol. The van der Waals surface area contributed by atoms with Gasteiger partial charge in [0.05, 0.1) is 0 Å². The second-order valence-corrected chi connectivity index (χ2v) is 7.96. The number of rotatable bonds is 3. The molecule has 0 bridgehead atoms. The van der Waals surface area contributed by atoms with Crippen molar-refractivity contribution in [3.8, 4) is 0 Å². The summed E-state index contributed by atoms with van der Waals surface area (Å²) in [5.74, 6) is -3.44. The Morgan fingerprint density at radius 3 is 1.41 bits per heavy atom. The van der Waals surface area contributed by atoms with Crippen LogP contribution in [0.5, 0.6) is 0 Å². The molecule has 0 N–H and O–H groups in total. The zero-order valence-corrected chi connectivity index (χ0v) is 11.2. The molecule has 2 aromatic rings. The first-order valence-electron chi connectivity index (χ1n) is 4.99. The highest BCUT2D eigenvalue weighted by atomic mass is 35.9. The molecule has 17 heavy (non-hydrogen) atoms. The van der Waals surface area contributed by atoms with E-state index in [-0.39, 0.29) is 0 Å². The standard InChI is InChI=1S/C12H10Cl2NOP/c13-17(14,16)15(11-7-3-1-4-8-11)12-9-5-2-6-10-12/h1-10H. The molecule has 0 unspecified atom stereocenters. The van der Waals surface area contributed by atoms with Gasteiger partial charge in [0.2, 0.25) is 0 Å². The fourth-order valence-electron chi connectivity index (χ4n) is 1.56. The minimum Gasteiger partial charge on any atom is -0.268 e. The van der Waals surface area contributed by atoms with E-state index in [1.165, 1.54) is 4.67 Å². The summed E-state index contributed by atoms with van der Waals surface area (Å²) < 4.78 is 13.4. The van der Waals surface area contributed by atoms with Crippen molar-refractivity contribution in [2.24, 2.45) is 0 Å². The van der Waals surface area contributed by atoms with Crippen molar-refractivity contribution < 1.29 is 4.57 Å².